The highest BCUT2D eigenvalue weighted by Crippen LogP contribution is 2.14. The van der Waals surface area contributed by atoms with Crippen molar-refractivity contribution in [1.82, 2.24) is 4.72 Å². The van der Waals surface area contributed by atoms with E-state index in [0.29, 0.717) is 0 Å². The Balaban J connectivity index is 2.98. The number of hydrogen-bond donors (Lipinski definition) is 2. The summed E-state index contributed by atoms with van der Waals surface area (Å²) >= 11 is 0. The molecule has 0 fully saturated rings. The van der Waals surface area contributed by atoms with Gasteiger partial charge in [0.15, 0.2) is 0 Å². The highest BCUT2D eigenvalue weighted by atomic mass is 32.2. The van der Waals surface area contributed by atoms with Crippen molar-refractivity contribution in [3.05, 3.63) is 30.3 Å². The number of benzene rings is 1. The van der Waals surface area contributed by atoms with Crippen LogP contribution in [-0.2, 0) is 10.0 Å². The fourth-order valence-corrected chi connectivity index (χ4v) is 2.61. The molecule has 0 radical (unpaired) electrons. The van der Waals surface area contributed by atoms with E-state index in [4.69, 9.17) is 5.73 Å². The summed E-state index contributed by atoms with van der Waals surface area (Å²) in [7, 11) is -3.49. The Bertz CT molecular complexity index is 438. The van der Waals surface area contributed by atoms with Crippen molar-refractivity contribution < 1.29 is 8.42 Å². The summed E-state index contributed by atoms with van der Waals surface area (Å²) in [6.07, 6.45) is 0. The second-order valence-corrected chi connectivity index (χ2v) is 6.11. The molecule has 3 N–H and O–H groups in total. The van der Waals surface area contributed by atoms with Crippen LogP contribution in [0.25, 0.3) is 0 Å². The van der Waals surface area contributed by atoms with E-state index < -0.39 is 15.6 Å². The molecular formula is C11H18N2O2S. The summed E-state index contributed by atoms with van der Waals surface area (Å²) in [6, 6.07) is 7.99. The van der Waals surface area contributed by atoms with Gasteiger partial charge in [-0.15, -0.1) is 0 Å². The first kappa shape index (κ1) is 13.2. The van der Waals surface area contributed by atoms with Crippen LogP contribution in [0.2, 0.25) is 0 Å². The van der Waals surface area contributed by atoms with Gasteiger partial charge in [-0.05, 0) is 32.9 Å². The second kappa shape index (κ2) is 4.53. The zero-order valence-corrected chi connectivity index (χ0v) is 10.6. The van der Waals surface area contributed by atoms with Crippen LogP contribution in [0.5, 0.6) is 0 Å². The van der Waals surface area contributed by atoms with Crippen LogP contribution in [0.3, 0.4) is 0 Å². The molecule has 90 valence electrons. The first-order valence-corrected chi connectivity index (χ1v) is 6.58. The molecule has 0 aliphatic heterocycles. The Morgan fingerprint density at radius 3 is 2.19 bits per heavy atom. The van der Waals surface area contributed by atoms with Gasteiger partial charge in [0.1, 0.15) is 0 Å². The van der Waals surface area contributed by atoms with E-state index >= 15 is 0 Å². The van der Waals surface area contributed by atoms with Gasteiger partial charge in [-0.2, -0.15) is 0 Å². The lowest BCUT2D eigenvalue weighted by Crippen LogP contribution is -2.54. The summed E-state index contributed by atoms with van der Waals surface area (Å²) in [5.41, 5.74) is 5.06. The third kappa shape index (κ3) is 3.04. The lowest BCUT2D eigenvalue weighted by molar-refractivity contribution is 0.387. The van der Waals surface area contributed by atoms with Gasteiger partial charge in [0, 0.05) is 11.6 Å². The van der Waals surface area contributed by atoms with E-state index in [1.807, 2.05) is 0 Å². The number of nitrogens with two attached hydrogens (primary N) is 1. The molecule has 0 saturated heterocycles. The third-order valence-electron chi connectivity index (χ3n) is 2.59. The molecule has 1 atom stereocenters. The molecule has 1 rings (SSSR count). The topological polar surface area (TPSA) is 72.2 Å². The van der Waals surface area contributed by atoms with Crippen LogP contribution in [0.1, 0.15) is 20.8 Å². The molecular weight excluding hydrogens is 224 g/mol. The van der Waals surface area contributed by atoms with Gasteiger partial charge in [-0.1, -0.05) is 18.2 Å². The molecule has 0 heterocycles. The van der Waals surface area contributed by atoms with E-state index in [0.717, 1.165) is 0 Å². The Morgan fingerprint density at radius 1 is 1.25 bits per heavy atom. The maximum Gasteiger partial charge on any atom is 0.241 e. The quantitative estimate of drug-likeness (QED) is 0.830. The zero-order chi connectivity index (χ0) is 12.4. The van der Waals surface area contributed by atoms with E-state index in [9.17, 15) is 8.42 Å². The van der Waals surface area contributed by atoms with Crippen LogP contribution in [0, 0.1) is 0 Å². The van der Waals surface area contributed by atoms with Crippen molar-refractivity contribution >= 4 is 10.0 Å². The van der Waals surface area contributed by atoms with Crippen molar-refractivity contribution in [3.8, 4) is 0 Å². The minimum atomic E-state index is -3.49. The number of nitrogens with one attached hydrogen (secondary N) is 1. The Kier molecular flexibility index (Phi) is 3.72. The molecule has 1 unspecified atom stereocenters. The van der Waals surface area contributed by atoms with Gasteiger partial charge < -0.3 is 5.73 Å². The lowest BCUT2D eigenvalue weighted by atomic mass is 9.99. The minimum Gasteiger partial charge on any atom is -0.326 e. The molecule has 0 bridgehead atoms. The van der Waals surface area contributed by atoms with Crippen LogP contribution >= 0.6 is 0 Å². The zero-order valence-electron chi connectivity index (χ0n) is 9.77. The molecule has 1 aromatic carbocycles. The molecule has 1 aromatic rings. The SMILES string of the molecule is CC(N)C(C)(C)NS(=O)(=O)c1ccccc1. The van der Waals surface area contributed by atoms with Gasteiger partial charge in [-0.25, -0.2) is 13.1 Å². The predicted octanol–water partition coefficient (Wildman–Crippen LogP) is 1.09. The fraction of sp³-hybridized carbons (Fsp3) is 0.455. The molecule has 0 spiro atoms. The molecule has 16 heavy (non-hydrogen) atoms. The largest absolute Gasteiger partial charge is 0.326 e. The number of sulfonamides is 1. The first-order valence-electron chi connectivity index (χ1n) is 5.10. The normalized spacial score (nSPS) is 14.8. The van der Waals surface area contributed by atoms with Gasteiger partial charge in [0.2, 0.25) is 10.0 Å². The van der Waals surface area contributed by atoms with Crippen LogP contribution in [0.15, 0.2) is 35.2 Å². The average Bonchev–Trinajstić information content (AvgIpc) is 2.17. The van der Waals surface area contributed by atoms with Crippen molar-refractivity contribution in [2.75, 3.05) is 0 Å². The molecule has 0 aliphatic rings. The van der Waals surface area contributed by atoms with Crippen molar-refractivity contribution in [1.29, 1.82) is 0 Å². The summed E-state index contributed by atoms with van der Waals surface area (Å²) in [6.45, 7) is 5.30. The second-order valence-electron chi connectivity index (χ2n) is 4.43. The van der Waals surface area contributed by atoms with Gasteiger partial charge >= 0.3 is 0 Å². The molecule has 5 heteroatoms. The lowest BCUT2D eigenvalue weighted by Gasteiger charge is -2.29. The predicted molar refractivity (Wildman–Crippen MR) is 64.5 cm³/mol. The van der Waals surface area contributed by atoms with E-state index in [1.54, 1.807) is 51.1 Å². The Morgan fingerprint density at radius 2 is 1.75 bits per heavy atom. The maximum absolute atomic E-state index is 12.0. The minimum absolute atomic E-state index is 0.253. The van der Waals surface area contributed by atoms with E-state index in [2.05, 4.69) is 4.72 Å². The molecule has 0 aliphatic carbocycles. The summed E-state index contributed by atoms with van der Waals surface area (Å²) in [5, 5.41) is 0. The Labute approximate surface area is 96.9 Å². The van der Waals surface area contributed by atoms with E-state index in [-0.39, 0.29) is 10.9 Å². The van der Waals surface area contributed by atoms with E-state index in [1.165, 1.54) is 0 Å². The Hall–Kier alpha value is -0.910. The third-order valence-corrected chi connectivity index (χ3v) is 4.28. The molecule has 4 nitrogen and oxygen atoms in total. The maximum atomic E-state index is 12.0. The van der Waals surface area contributed by atoms with Gasteiger partial charge in [0.25, 0.3) is 0 Å². The van der Waals surface area contributed by atoms with Gasteiger partial charge in [0.05, 0.1) is 4.90 Å². The summed E-state index contributed by atoms with van der Waals surface area (Å²) < 4.78 is 26.6. The standard InChI is InChI=1S/C11H18N2O2S/c1-9(12)11(2,3)13-16(14,15)10-7-5-4-6-8-10/h4-9,13H,12H2,1-3H3. The van der Waals surface area contributed by atoms with Crippen LogP contribution in [0.4, 0.5) is 0 Å². The monoisotopic (exact) mass is 242 g/mol. The smallest absolute Gasteiger partial charge is 0.241 e. The van der Waals surface area contributed by atoms with Crippen molar-refractivity contribution in [3.63, 3.8) is 0 Å². The number of hydrogen-bond acceptors (Lipinski definition) is 3. The highest BCUT2D eigenvalue weighted by Gasteiger charge is 2.29. The number of rotatable bonds is 4. The van der Waals surface area contributed by atoms with Crippen LogP contribution < -0.4 is 10.5 Å². The average molecular weight is 242 g/mol. The highest BCUT2D eigenvalue weighted by molar-refractivity contribution is 7.89. The molecule has 0 saturated carbocycles. The van der Waals surface area contributed by atoms with Crippen molar-refractivity contribution in [2.24, 2.45) is 5.73 Å². The molecule has 0 amide bonds. The fourth-order valence-electron chi connectivity index (χ4n) is 1.10. The van der Waals surface area contributed by atoms with Crippen LogP contribution in [-0.4, -0.2) is 20.0 Å². The van der Waals surface area contributed by atoms with Gasteiger partial charge in [-0.3, -0.25) is 0 Å². The first-order chi connectivity index (χ1) is 7.26. The van der Waals surface area contributed by atoms with Crippen molar-refractivity contribution in [2.45, 2.75) is 37.2 Å². The molecule has 0 aromatic heterocycles. The summed E-state index contributed by atoms with van der Waals surface area (Å²) in [4.78, 5) is 0.253. The summed E-state index contributed by atoms with van der Waals surface area (Å²) in [5.74, 6) is 0.